The van der Waals surface area contributed by atoms with Crippen molar-refractivity contribution in [2.75, 3.05) is 0 Å². The van der Waals surface area contributed by atoms with Gasteiger partial charge in [0.2, 0.25) is 0 Å². The van der Waals surface area contributed by atoms with Crippen molar-refractivity contribution in [1.82, 2.24) is 0 Å². The molecule has 0 aromatic carbocycles. The van der Waals surface area contributed by atoms with Gasteiger partial charge in [-0.05, 0) is 35.0 Å². The fourth-order valence-corrected chi connectivity index (χ4v) is 2.13. The zero-order chi connectivity index (χ0) is 8.27. The molecule has 1 heterocycles. The van der Waals surface area contributed by atoms with Gasteiger partial charge in [0.05, 0.1) is 9.36 Å². The summed E-state index contributed by atoms with van der Waals surface area (Å²) in [6, 6.07) is 6.02. The van der Waals surface area contributed by atoms with Gasteiger partial charge in [-0.15, -0.1) is 11.3 Å². The molecule has 0 bridgehead atoms. The summed E-state index contributed by atoms with van der Waals surface area (Å²) in [6.07, 6.45) is 1.82. The molecule has 0 aliphatic carbocycles. The maximum atomic E-state index is 8.66. The predicted octanol–water partition coefficient (Wildman–Crippen LogP) is 3.44. The summed E-state index contributed by atoms with van der Waals surface area (Å²) in [5.74, 6) is 0. The van der Waals surface area contributed by atoms with E-state index in [1.54, 1.807) is 11.3 Å². The molecule has 0 N–H and O–H groups in total. The SMILES string of the molecule is C/C=C(\C#N)c1ccc(Br)s1. The average molecular weight is 228 g/mol. The molecule has 56 valence electrons. The van der Waals surface area contributed by atoms with Crippen LogP contribution in [0.3, 0.4) is 0 Å². The fourth-order valence-electron chi connectivity index (χ4n) is 0.721. The number of allylic oxidation sites excluding steroid dienone is 2. The van der Waals surface area contributed by atoms with E-state index in [1.807, 2.05) is 25.1 Å². The normalized spacial score (nSPS) is 11.2. The predicted molar refractivity (Wildman–Crippen MR) is 51.3 cm³/mol. The van der Waals surface area contributed by atoms with Gasteiger partial charge >= 0.3 is 0 Å². The van der Waals surface area contributed by atoms with Crippen LogP contribution in [0.5, 0.6) is 0 Å². The second-order valence-corrected chi connectivity index (χ2v) is 4.38. The summed E-state index contributed by atoms with van der Waals surface area (Å²) in [7, 11) is 0. The van der Waals surface area contributed by atoms with Crippen molar-refractivity contribution in [2.24, 2.45) is 0 Å². The molecule has 0 amide bonds. The summed E-state index contributed by atoms with van der Waals surface area (Å²) in [6.45, 7) is 1.87. The standard InChI is InChI=1S/C8H6BrNS/c1-2-6(5-10)7-3-4-8(9)11-7/h2-4H,1H3/b6-2+. The van der Waals surface area contributed by atoms with Gasteiger partial charge < -0.3 is 0 Å². The molecule has 11 heavy (non-hydrogen) atoms. The molecule has 1 rings (SSSR count). The Kier molecular flexibility index (Phi) is 2.86. The van der Waals surface area contributed by atoms with Gasteiger partial charge in [0, 0.05) is 4.88 Å². The number of hydrogen-bond acceptors (Lipinski definition) is 2. The van der Waals surface area contributed by atoms with Crippen LogP contribution in [0.25, 0.3) is 5.57 Å². The van der Waals surface area contributed by atoms with Crippen LogP contribution in [0.1, 0.15) is 11.8 Å². The third kappa shape index (κ3) is 1.92. The first-order valence-electron chi connectivity index (χ1n) is 3.10. The average Bonchev–Trinajstić information content (AvgIpc) is 2.39. The molecule has 0 radical (unpaired) electrons. The second-order valence-electron chi connectivity index (χ2n) is 1.92. The number of nitrogens with zero attached hydrogens (tertiary/aromatic N) is 1. The quantitative estimate of drug-likeness (QED) is 0.675. The smallest absolute Gasteiger partial charge is 0.100 e. The third-order valence-corrected chi connectivity index (χ3v) is 2.90. The molecule has 0 aliphatic rings. The number of rotatable bonds is 1. The Morgan fingerprint density at radius 1 is 1.73 bits per heavy atom. The summed E-state index contributed by atoms with van der Waals surface area (Å²) >= 11 is 4.91. The summed E-state index contributed by atoms with van der Waals surface area (Å²) in [4.78, 5) is 1.02. The monoisotopic (exact) mass is 227 g/mol. The number of hydrogen-bond donors (Lipinski definition) is 0. The van der Waals surface area contributed by atoms with Crippen molar-refractivity contribution in [1.29, 1.82) is 5.26 Å². The van der Waals surface area contributed by atoms with Crippen molar-refractivity contribution in [2.45, 2.75) is 6.92 Å². The van der Waals surface area contributed by atoms with Crippen LogP contribution in [-0.4, -0.2) is 0 Å². The van der Waals surface area contributed by atoms with E-state index in [2.05, 4.69) is 22.0 Å². The highest BCUT2D eigenvalue weighted by Gasteiger charge is 2.01. The molecule has 3 heteroatoms. The van der Waals surface area contributed by atoms with Crippen LogP contribution in [0.4, 0.5) is 0 Å². The summed E-state index contributed by atoms with van der Waals surface area (Å²) in [5, 5.41) is 8.66. The van der Waals surface area contributed by atoms with Gasteiger partial charge in [0.25, 0.3) is 0 Å². The fraction of sp³-hybridized carbons (Fsp3) is 0.125. The largest absolute Gasteiger partial charge is 0.192 e. The Hall–Kier alpha value is -0.590. The molecule has 0 fully saturated rings. The summed E-state index contributed by atoms with van der Waals surface area (Å²) in [5.41, 5.74) is 0.737. The van der Waals surface area contributed by atoms with E-state index in [9.17, 15) is 0 Å². The van der Waals surface area contributed by atoms with Crippen molar-refractivity contribution >= 4 is 32.8 Å². The molecular weight excluding hydrogens is 222 g/mol. The topological polar surface area (TPSA) is 23.8 Å². The first kappa shape index (κ1) is 8.51. The van der Waals surface area contributed by atoms with Gasteiger partial charge in [-0.25, -0.2) is 0 Å². The van der Waals surface area contributed by atoms with E-state index in [0.29, 0.717) is 0 Å². The minimum Gasteiger partial charge on any atom is -0.192 e. The molecule has 1 aromatic heterocycles. The first-order chi connectivity index (χ1) is 5.27. The highest BCUT2D eigenvalue weighted by atomic mass is 79.9. The molecule has 0 unspecified atom stereocenters. The van der Waals surface area contributed by atoms with Crippen LogP contribution in [0, 0.1) is 11.3 Å². The zero-order valence-electron chi connectivity index (χ0n) is 5.97. The minimum absolute atomic E-state index is 0.737. The number of nitriles is 1. The van der Waals surface area contributed by atoms with Gasteiger partial charge in [-0.3, -0.25) is 0 Å². The molecule has 0 spiro atoms. The molecule has 0 atom stereocenters. The lowest BCUT2D eigenvalue weighted by Crippen LogP contribution is -1.70. The molecule has 1 nitrogen and oxygen atoms in total. The Labute approximate surface area is 78.1 Å². The lowest BCUT2D eigenvalue weighted by Gasteiger charge is -1.87. The van der Waals surface area contributed by atoms with E-state index in [0.717, 1.165) is 14.2 Å². The van der Waals surface area contributed by atoms with E-state index in [1.165, 1.54) is 0 Å². The molecule has 0 saturated carbocycles. The maximum absolute atomic E-state index is 8.66. The lowest BCUT2D eigenvalue weighted by atomic mass is 10.2. The lowest BCUT2D eigenvalue weighted by molar-refractivity contribution is 1.53. The van der Waals surface area contributed by atoms with Gasteiger partial charge in [0.1, 0.15) is 6.07 Å². The molecule has 0 aliphatic heterocycles. The van der Waals surface area contributed by atoms with Crippen molar-refractivity contribution in [3.8, 4) is 6.07 Å². The van der Waals surface area contributed by atoms with Crippen molar-refractivity contribution < 1.29 is 0 Å². The number of halogens is 1. The zero-order valence-corrected chi connectivity index (χ0v) is 8.37. The first-order valence-corrected chi connectivity index (χ1v) is 4.71. The second kappa shape index (κ2) is 3.70. The van der Waals surface area contributed by atoms with Crippen molar-refractivity contribution in [3.05, 3.63) is 26.9 Å². The molecular formula is C8H6BrNS. The molecule has 1 aromatic rings. The van der Waals surface area contributed by atoms with Crippen LogP contribution >= 0.6 is 27.3 Å². The summed E-state index contributed by atoms with van der Waals surface area (Å²) < 4.78 is 1.06. The van der Waals surface area contributed by atoms with Gasteiger partial charge in [-0.1, -0.05) is 6.08 Å². The Bertz CT molecular complexity index is 319. The van der Waals surface area contributed by atoms with E-state index in [4.69, 9.17) is 5.26 Å². The van der Waals surface area contributed by atoms with Crippen LogP contribution in [0.15, 0.2) is 22.0 Å². The van der Waals surface area contributed by atoms with Gasteiger partial charge in [0.15, 0.2) is 0 Å². The van der Waals surface area contributed by atoms with Crippen molar-refractivity contribution in [3.63, 3.8) is 0 Å². The maximum Gasteiger partial charge on any atom is 0.100 e. The van der Waals surface area contributed by atoms with E-state index in [-0.39, 0.29) is 0 Å². The minimum atomic E-state index is 0.737. The van der Waals surface area contributed by atoms with E-state index < -0.39 is 0 Å². The highest BCUT2D eigenvalue weighted by Crippen LogP contribution is 2.27. The number of thiophene rings is 1. The Morgan fingerprint density at radius 2 is 2.45 bits per heavy atom. The Morgan fingerprint density at radius 3 is 2.82 bits per heavy atom. The highest BCUT2D eigenvalue weighted by molar-refractivity contribution is 9.11. The van der Waals surface area contributed by atoms with E-state index >= 15 is 0 Å². The van der Waals surface area contributed by atoms with Gasteiger partial charge in [-0.2, -0.15) is 5.26 Å². The molecule has 0 saturated heterocycles. The third-order valence-electron chi connectivity index (χ3n) is 1.25. The van der Waals surface area contributed by atoms with Crippen LogP contribution in [-0.2, 0) is 0 Å². The Balaban J connectivity index is 3.03. The van der Waals surface area contributed by atoms with Crippen LogP contribution < -0.4 is 0 Å². The van der Waals surface area contributed by atoms with Crippen LogP contribution in [0.2, 0.25) is 0 Å².